The van der Waals surface area contributed by atoms with E-state index in [4.69, 9.17) is 15.6 Å². The number of rotatable bonds is 1. The van der Waals surface area contributed by atoms with Gasteiger partial charge in [-0.25, -0.2) is 9.78 Å². The van der Waals surface area contributed by atoms with Gasteiger partial charge in [-0.1, -0.05) is 0 Å². The molecule has 4 N–H and O–H groups in total. The molecule has 1 fully saturated rings. The van der Waals surface area contributed by atoms with Gasteiger partial charge in [-0.3, -0.25) is 4.57 Å². The second kappa shape index (κ2) is 3.57. The summed E-state index contributed by atoms with van der Waals surface area (Å²) in [6.07, 6.45) is -1.80. The highest BCUT2D eigenvalue weighted by atomic mass is 16.6. The summed E-state index contributed by atoms with van der Waals surface area (Å²) >= 11 is 0. The first-order chi connectivity index (χ1) is 7.08. The Kier molecular flexibility index (Phi) is 2.39. The molecule has 2 rings (SSSR count). The topological polar surface area (TPSA) is 123 Å². The number of ether oxygens (including phenoxy) is 1. The number of hydrogen-bond donors (Lipinski definition) is 3. The van der Waals surface area contributed by atoms with Gasteiger partial charge in [0, 0.05) is 6.42 Å². The summed E-state index contributed by atoms with van der Waals surface area (Å²) in [4.78, 5) is 18.3. The van der Waals surface area contributed by atoms with E-state index in [9.17, 15) is 9.90 Å². The van der Waals surface area contributed by atoms with Gasteiger partial charge in [-0.05, 0) is 0 Å². The SMILES string of the molecule is Nc1ncn([C@H]2C[C@H](O)C(O)O2)c(=O)n1. The Morgan fingerprint density at radius 3 is 2.87 bits per heavy atom. The lowest BCUT2D eigenvalue weighted by molar-refractivity contribution is -0.142. The second-order valence-electron chi connectivity index (χ2n) is 3.19. The van der Waals surface area contributed by atoms with Crippen LogP contribution in [0.15, 0.2) is 11.1 Å². The van der Waals surface area contributed by atoms with Crippen molar-refractivity contribution in [3.8, 4) is 0 Å². The molecule has 15 heavy (non-hydrogen) atoms. The van der Waals surface area contributed by atoms with Crippen molar-refractivity contribution in [1.82, 2.24) is 14.5 Å². The molecule has 0 spiro atoms. The monoisotopic (exact) mass is 214 g/mol. The molecule has 8 nitrogen and oxygen atoms in total. The van der Waals surface area contributed by atoms with Crippen LogP contribution < -0.4 is 11.4 Å². The zero-order valence-corrected chi connectivity index (χ0v) is 7.65. The molecule has 1 unspecified atom stereocenters. The standard InChI is InChI=1S/C7H10N4O4/c8-6-9-2-11(7(14)10-6)4-1-3(12)5(13)15-4/h2-5,12-13H,1H2,(H2,8,10,14)/t3-,4+,5?/m0/s1. The highest BCUT2D eigenvalue weighted by Crippen LogP contribution is 2.25. The van der Waals surface area contributed by atoms with Gasteiger partial charge in [0.05, 0.1) is 0 Å². The highest BCUT2D eigenvalue weighted by molar-refractivity contribution is 5.09. The fourth-order valence-corrected chi connectivity index (χ4v) is 1.36. The summed E-state index contributed by atoms with van der Waals surface area (Å²) in [6, 6.07) is 0. The molecule has 0 aliphatic carbocycles. The predicted octanol–water partition coefficient (Wildman–Crippen LogP) is -2.18. The zero-order valence-electron chi connectivity index (χ0n) is 7.65. The molecular formula is C7H10N4O4. The average molecular weight is 214 g/mol. The lowest BCUT2D eigenvalue weighted by Crippen LogP contribution is -2.28. The first-order valence-electron chi connectivity index (χ1n) is 4.30. The van der Waals surface area contributed by atoms with Crippen LogP contribution in [0.4, 0.5) is 5.95 Å². The molecule has 1 aromatic rings. The smallest absolute Gasteiger partial charge is 0.354 e. The molecule has 8 heteroatoms. The number of aliphatic hydroxyl groups excluding tert-OH is 2. The first kappa shape index (κ1) is 10.0. The average Bonchev–Trinajstić information content (AvgIpc) is 2.46. The lowest BCUT2D eigenvalue weighted by Gasteiger charge is -2.11. The fourth-order valence-electron chi connectivity index (χ4n) is 1.36. The van der Waals surface area contributed by atoms with E-state index in [0.717, 1.165) is 4.57 Å². The van der Waals surface area contributed by atoms with Gasteiger partial charge < -0.3 is 20.7 Å². The molecule has 0 radical (unpaired) electrons. The fraction of sp³-hybridized carbons (Fsp3) is 0.571. The van der Waals surface area contributed by atoms with Crippen LogP contribution >= 0.6 is 0 Å². The number of nitrogens with two attached hydrogens (primary N) is 1. The second-order valence-corrected chi connectivity index (χ2v) is 3.19. The number of aliphatic hydroxyl groups is 2. The number of anilines is 1. The molecule has 0 saturated carbocycles. The maximum Gasteiger partial charge on any atom is 0.354 e. The molecule has 0 amide bonds. The van der Waals surface area contributed by atoms with Crippen molar-refractivity contribution in [1.29, 1.82) is 0 Å². The molecule has 1 aliphatic heterocycles. The minimum atomic E-state index is -1.29. The normalized spacial score (nSPS) is 30.7. The van der Waals surface area contributed by atoms with E-state index in [1.165, 1.54) is 6.33 Å². The van der Waals surface area contributed by atoms with Gasteiger partial charge >= 0.3 is 5.69 Å². The van der Waals surface area contributed by atoms with Crippen LogP contribution in [0.2, 0.25) is 0 Å². The van der Waals surface area contributed by atoms with E-state index in [1.54, 1.807) is 0 Å². The van der Waals surface area contributed by atoms with Crippen LogP contribution in [0.1, 0.15) is 12.6 Å². The van der Waals surface area contributed by atoms with Crippen molar-refractivity contribution in [3.63, 3.8) is 0 Å². The molecule has 0 bridgehead atoms. The molecule has 3 atom stereocenters. The Morgan fingerprint density at radius 1 is 1.60 bits per heavy atom. The molecular weight excluding hydrogens is 204 g/mol. The van der Waals surface area contributed by atoms with Gasteiger partial charge in [0.25, 0.3) is 0 Å². The maximum atomic E-state index is 11.3. The van der Waals surface area contributed by atoms with Crippen LogP contribution in [-0.4, -0.2) is 37.1 Å². The van der Waals surface area contributed by atoms with Crippen molar-refractivity contribution in [2.75, 3.05) is 5.73 Å². The van der Waals surface area contributed by atoms with Crippen LogP contribution in [0.3, 0.4) is 0 Å². The van der Waals surface area contributed by atoms with Crippen LogP contribution in [-0.2, 0) is 4.74 Å². The Morgan fingerprint density at radius 2 is 2.33 bits per heavy atom. The van der Waals surface area contributed by atoms with Crippen molar-refractivity contribution < 1.29 is 14.9 Å². The molecule has 1 aliphatic rings. The van der Waals surface area contributed by atoms with Crippen molar-refractivity contribution in [2.24, 2.45) is 0 Å². The molecule has 2 heterocycles. The van der Waals surface area contributed by atoms with E-state index >= 15 is 0 Å². The third kappa shape index (κ3) is 1.82. The third-order valence-corrected chi connectivity index (χ3v) is 2.12. The summed E-state index contributed by atoms with van der Waals surface area (Å²) in [5.41, 5.74) is 4.57. The van der Waals surface area contributed by atoms with Gasteiger partial charge in [-0.15, -0.1) is 0 Å². The Balaban J connectivity index is 2.28. The van der Waals surface area contributed by atoms with Crippen LogP contribution in [0.25, 0.3) is 0 Å². The molecule has 0 aromatic carbocycles. The maximum absolute atomic E-state index is 11.3. The van der Waals surface area contributed by atoms with Crippen LogP contribution in [0.5, 0.6) is 0 Å². The summed E-state index contributed by atoms with van der Waals surface area (Å²) in [6.45, 7) is 0. The van der Waals surface area contributed by atoms with Crippen molar-refractivity contribution >= 4 is 5.95 Å². The zero-order chi connectivity index (χ0) is 11.0. The van der Waals surface area contributed by atoms with Crippen molar-refractivity contribution in [3.05, 3.63) is 16.8 Å². The highest BCUT2D eigenvalue weighted by Gasteiger charge is 2.34. The van der Waals surface area contributed by atoms with Gasteiger partial charge in [0.2, 0.25) is 5.95 Å². The predicted molar refractivity (Wildman–Crippen MR) is 47.5 cm³/mol. The van der Waals surface area contributed by atoms with Gasteiger partial charge in [-0.2, -0.15) is 4.98 Å². The van der Waals surface area contributed by atoms with Crippen molar-refractivity contribution in [2.45, 2.75) is 25.0 Å². The first-order valence-corrected chi connectivity index (χ1v) is 4.30. The molecule has 1 saturated heterocycles. The minimum Gasteiger partial charge on any atom is -0.388 e. The minimum absolute atomic E-state index is 0.106. The molecule has 82 valence electrons. The Labute approximate surface area is 84.0 Å². The van der Waals surface area contributed by atoms with Crippen LogP contribution in [0, 0.1) is 0 Å². The molecule has 1 aromatic heterocycles. The van der Waals surface area contributed by atoms with E-state index in [0.29, 0.717) is 0 Å². The Hall–Kier alpha value is -1.51. The summed E-state index contributed by atoms with van der Waals surface area (Å²) < 4.78 is 5.99. The van der Waals surface area contributed by atoms with Gasteiger partial charge in [0.15, 0.2) is 6.29 Å². The van der Waals surface area contributed by atoms with E-state index in [2.05, 4.69) is 9.97 Å². The number of nitrogens with zero attached hydrogens (tertiary/aromatic N) is 3. The summed E-state index contributed by atoms with van der Waals surface area (Å²) in [5.74, 6) is -0.129. The summed E-state index contributed by atoms with van der Waals surface area (Å²) in [7, 11) is 0. The lowest BCUT2D eigenvalue weighted by atomic mass is 10.3. The number of nitrogen functional groups attached to an aromatic ring is 1. The van der Waals surface area contributed by atoms with E-state index < -0.39 is 24.3 Å². The van der Waals surface area contributed by atoms with E-state index in [1.807, 2.05) is 0 Å². The number of hydrogen-bond acceptors (Lipinski definition) is 7. The largest absolute Gasteiger partial charge is 0.388 e. The Bertz CT molecular complexity index is 410. The van der Waals surface area contributed by atoms with Gasteiger partial charge in [0.1, 0.15) is 18.7 Å². The van der Waals surface area contributed by atoms with E-state index in [-0.39, 0.29) is 12.4 Å². The quantitative estimate of drug-likeness (QED) is 0.485. The summed E-state index contributed by atoms with van der Waals surface area (Å²) in [5, 5.41) is 18.3. The number of aromatic nitrogens is 3. The third-order valence-electron chi connectivity index (χ3n) is 2.12.